The predicted molar refractivity (Wildman–Crippen MR) is 102 cm³/mol. The third kappa shape index (κ3) is 4.50. The summed E-state index contributed by atoms with van der Waals surface area (Å²) in [5.74, 6) is 0.00162. The van der Waals surface area contributed by atoms with Crippen LogP contribution in [0.1, 0.15) is 5.56 Å². The van der Waals surface area contributed by atoms with E-state index in [1.54, 1.807) is 24.4 Å². The van der Waals surface area contributed by atoms with Gasteiger partial charge in [-0.05, 0) is 29.0 Å². The minimum atomic E-state index is -0.387. The molecule has 3 aromatic rings. The van der Waals surface area contributed by atoms with Crippen LogP contribution in [0.15, 0.2) is 65.8 Å². The first kappa shape index (κ1) is 17.3. The van der Waals surface area contributed by atoms with E-state index in [1.807, 2.05) is 42.5 Å². The standard InChI is InChI=1S/C19H14Cl2N2O2/c20-15-8-9-18(17(21)10-15)25-12-19(24)23-22-11-14-6-3-5-13-4-1-2-7-16(13)14/h1-11H,12H2,(H,23,24). The van der Waals surface area contributed by atoms with E-state index in [1.165, 1.54) is 0 Å². The van der Waals surface area contributed by atoms with Gasteiger partial charge in [-0.3, -0.25) is 4.79 Å². The number of amides is 1. The van der Waals surface area contributed by atoms with E-state index in [2.05, 4.69) is 10.5 Å². The van der Waals surface area contributed by atoms with Gasteiger partial charge in [-0.25, -0.2) is 5.43 Å². The molecule has 0 saturated heterocycles. The maximum absolute atomic E-state index is 11.8. The quantitative estimate of drug-likeness (QED) is 0.522. The summed E-state index contributed by atoms with van der Waals surface area (Å²) in [5.41, 5.74) is 3.35. The lowest BCUT2D eigenvalue weighted by atomic mass is 10.1. The van der Waals surface area contributed by atoms with Crippen LogP contribution in [0.4, 0.5) is 0 Å². The number of nitrogens with zero attached hydrogens (tertiary/aromatic N) is 1. The molecule has 0 atom stereocenters. The second kappa shape index (κ2) is 8.01. The Morgan fingerprint density at radius 2 is 1.88 bits per heavy atom. The van der Waals surface area contributed by atoms with Gasteiger partial charge in [0.1, 0.15) is 5.75 Å². The number of hydrazone groups is 1. The van der Waals surface area contributed by atoms with Crippen molar-refractivity contribution in [3.63, 3.8) is 0 Å². The van der Waals surface area contributed by atoms with Crippen molar-refractivity contribution in [2.24, 2.45) is 5.10 Å². The molecular weight excluding hydrogens is 359 g/mol. The molecule has 0 fully saturated rings. The Labute approximate surface area is 155 Å². The van der Waals surface area contributed by atoms with E-state index < -0.39 is 0 Å². The Bertz CT molecular complexity index is 936. The Kier molecular flexibility index (Phi) is 5.53. The fourth-order valence-electron chi connectivity index (χ4n) is 2.30. The summed E-state index contributed by atoms with van der Waals surface area (Å²) in [7, 11) is 0. The van der Waals surface area contributed by atoms with Gasteiger partial charge in [-0.1, -0.05) is 65.7 Å². The first-order valence-corrected chi connectivity index (χ1v) is 8.26. The van der Waals surface area contributed by atoms with E-state index in [9.17, 15) is 4.79 Å². The summed E-state index contributed by atoms with van der Waals surface area (Å²) in [5, 5.41) is 7.00. The zero-order chi connectivity index (χ0) is 17.6. The normalized spacial score (nSPS) is 11.0. The molecule has 1 N–H and O–H groups in total. The van der Waals surface area contributed by atoms with Gasteiger partial charge in [0.25, 0.3) is 5.91 Å². The smallest absolute Gasteiger partial charge is 0.277 e. The van der Waals surface area contributed by atoms with E-state index in [-0.39, 0.29) is 12.5 Å². The maximum atomic E-state index is 11.8. The summed E-state index contributed by atoms with van der Waals surface area (Å²) in [6, 6.07) is 18.7. The van der Waals surface area contributed by atoms with E-state index in [0.717, 1.165) is 16.3 Å². The number of carbonyl (C=O) groups is 1. The summed E-state index contributed by atoms with van der Waals surface area (Å²) in [6.07, 6.45) is 1.61. The number of hydrogen-bond donors (Lipinski definition) is 1. The molecule has 0 heterocycles. The monoisotopic (exact) mass is 372 g/mol. The molecule has 0 aliphatic heterocycles. The largest absolute Gasteiger partial charge is 0.482 e. The molecule has 0 aliphatic carbocycles. The van der Waals surface area contributed by atoms with E-state index in [4.69, 9.17) is 27.9 Å². The Morgan fingerprint density at radius 1 is 1.08 bits per heavy atom. The van der Waals surface area contributed by atoms with Crippen molar-refractivity contribution in [3.8, 4) is 5.75 Å². The van der Waals surface area contributed by atoms with Crippen LogP contribution in [0, 0.1) is 0 Å². The predicted octanol–water partition coefficient (Wildman–Crippen LogP) is 4.68. The van der Waals surface area contributed by atoms with E-state index >= 15 is 0 Å². The Hall–Kier alpha value is -2.56. The van der Waals surface area contributed by atoms with E-state index in [0.29, 0.717) is 15.8 Å². The lowest BCUT2D eigenvalue weighted by Crippen LogP contribution is -2.24. The average Bonchev–Trinajstić information content (AvgIpc) is 2.61. The van der Waals surface area contributed by atoms with Crippen molar-refractivity contribution >= 4 is 46.1 Å². The molecular formula is C19H14Cl2N2O2. The fourth-order valence-corrected chi connectivity index (χ4v) is 2.77. The molecule has 0 bridgehead atoms. The van der Waals surface area contributed by atoms with Crippen LogP contribution in [0.3, 0.4) is 0 Å². The van der Waals surface area contributed by atoms with Gasteiger partial charge >= 0.3 is 0 Å². The summed E-state index contributed by atoms with van der Waals surface area (Å²) < 4.78 is 5.35. The Morgan fingerprint density at radius 3 is 2.72 bits per heavy atom. The maximum Gasteiger partial charge on any atom is 0.277 e. The van der Waals surface area contributed by atoms with Crippen LogP contribution in [-0.4, -0.2) is 18.7 Å². The van der Waals surface area contributed by atoms with Crippen LogP contribution < -0.4 is 10.2 Å². The molecule has 25 heavy (non-hydrogen) atoms. The van der Waals surface area contributed by atoms with Crippen LogP contribution in [0.25, 0.3) is 10.8 Å². The second-order valence-electron chi connectivity index (χ2n) is 5.22. The Balaban J connectivity index is 1.59. The molecule has 0 aromatic heterocycles. The number of carbonyl (C=O) groups excluding carboxylic acids is 1. The number of halogens is 2. The van der Waals surface area contributed by atoms with Crippen LogP contribution in [0.2, 0.25) is 10.0 Å². The molecule has 1 amide bonds. The lowest BCUT2D eigenvalue weighted by molar-refractivity contribution is -0.123. The highest BCUT2D eigenvalue weighted by atomic mass is 35.5. The number of fused-ring (bicyclic) bond motifs is 1. The number of benzene rings is 3. The molecule has 0 aliphatic rings. The topological polar surface area (TPSA) is 50.7 Å². The molecule has 4 nitrogen and oxygen atoms in total. The lowest BCUT2D eigenvalue weighted by Gasteiger charge is -2.07. The minimum Gasteiger partial charge on any atom is -0.482 e. The molecule has 3 rings (SSSR count). The molecule has 126 valence electrons. The van der Waals surface area contributed by atoms with Crippen LogP contribution >= 0.6 is 23.2 Å². The molecule has 0 unspecified atom stereocenters. The van der Waals surface area contributed by atoms with Gasteiger partial charge in [0, 0.05) is 10.6 Å². The summed E-state index contributed by atoms with van der Waals surface area (Å²) in [4.78, 5) is 11.8. The van der Waals surface area contributed by atoms with Crippen molar-refractivity contribution in [1.29, 1.82) is 0 Å². The van der Waals surface area contributed by atoms with Gasteiger partial charge in [0.15, 0.2) is 6.61 Å². The molecule has 0 saturated carbocycles. The van der Waals surface area contributed by atoms with Crippen LogP contribution in [-0.2, 0) is 4.79 Å². The number of nitrogens with one attached hydrogen (secondary N) is 1. The summed E-state index contributed by atoms with van der Waals surface area (Å²) in [6.45, 7) is -0.200. The third-order valence-electron chi connectivity index (χ3n) is 3.47. The third-order valence-corrected chi connectivity index (χ3v) is 4.00. The number of ether oxygens (including phenoxy) is 1. The van der Waals surface area contributed by atoms with Crippen molar-refractivity contribution in [2.75, 3.05) is 6.61 Å². The van der Waals surface area contributed by atoms with Crippen molar-refractivity contribution in [1.82, 2.24) is 5.43 Å². The van der Waals surface area contributed by atoms with Gasteiger partial charge in [-0.2, -0.15) is 5.10 Å². The van der Waals surface area contributed by atoms with Crippen molar-refractivity contribution < 1.29 is 9.53 Å². The zero-order valence-corrected chi connectivity index (χ0v) is 14.6. The first-order valence-electron chi connectivity index (χ1n) is 7.51. The van der Waals surface area contributed by atoms with Gasteiger partial charge in [0.05, 0.1) is 11.2 Å². The highest BCUT2D eigenvalue weighted by molar-refractivity contribution is 6.35. The molecule has 3 aromatic carbocycles. The average molecular weight is 373 g/mol. The first-order chi connectivity index (χ1) is 12.1. The van der Waals surface area contributed by atoms with Crippen molar-refractivity contribution in [3.05, 3.63) is 76.3 Å². The molecule has 0 spiro atoms. The highest BCUT2D eigenvalue weighted by Crippen LogP contribution is 2.27. The highest BCUT2D eigenvalue weighted by Gasteiger charge is 2.06. The minimum absolute atomic E-state index is 0.200. The SMILES string of the molecule is O=C(COc1ccc(Cl)cc1Cl)NN=Cc1cccc2ccccc12. The van der Waals surface area contributed by atoms with Crippen molar-refractivity contribution in [2.45, 2.75) is 0 Å². The summed E-state index contributed by atoms with van der Waals surface area (Å²) >= 11 is 11.8. The molecule has 0 radical (unpaired) electrons. The van der Waals surface area contributed by atoms with Crippen LogP contribution in [0.5, 0.6) is 5.75 Å². The number of hydrogen-bond acceptors (Lipinski definition) is 3. The fraction of sp³-hybridized carbons (Fsp3) is 0.0526. The zero-order valence-electron chi connectivity index (χ0n) is 13.1. The molecule has 6 heteroatoms. The van der Waals surface area contributed by atoms with Gasteiger partial charge in [0.2, 0.25) is 0 Å². The number of rotatable bonds is 5. The van der Waals surface area contributed by atoms with Gasteiger partial charge in [-0.15, -0.1) is 0 Å². The second-order valence-corrected chi connectivity index (χ2v) is 6.07. The van der Waals surface area contributed by atoms with Gasteiger partial charge < -0.3 is 4.74 Å².